The average Bonchev–Trinajstić information content (AvgIpc) is 3.03. The highest BCUT2D eigenvalue weighted by Crippen LogP contribution is 2.67. The van der Waals surface area contributed by atoms with Crippen molar-refractivity contribution in [3.63, 3.8) is 0 Å². The first kappa shape index (κ1) is 20.3. The molecular weight excluding hydrogens is 350 g/mol. The van der Waals surface area contributed by atoms with E-state index in [0.29, 0.717) is 29.2 Å². The largest absolute Gasteiger partial charge is 0.453 e. The van der Waals surface area contributed by atoms with Crippen molar-refractivity contribution in [3.8, 4) is 0 Å². The molecule has 4 heteroatoms. The number of nitrogens with one attached hydrogen (secondary N) is 1. The van der Waals surface area contributed by atoms with Crippen LogP contribution in [0.25, 0.3) is 0 Å². The lowest BCUT2D eigenvalue weighted by Crippen LogP contribution is -2.51. The second kappa shape index (κ2) is 7.34. The van der Waals surface area contributed by atoms with Gasteiger partial charge in [-0.15, -0.1) is 0 Å². The van der Waals surface area contributed by atoms with Crippen LogP contribution in [0.1, 0.15) is 72.1 Å². The molecular formula is C24H39NO3. The molecule has 4 aliphatic carbocycles. The molecule has 2 N–H and O–H groups in total. The number of fused-ring (bicyclic) bond motifs is 5. The summed E-state index contributed by atoms with van der Waals surface area (Å²) in [4.78, 5) is 11.5. The molecule has 28 heavy (non-hydrogen) atoms. The number of carbonyl (C=O) groups excluding carboxylic acids is 1. The van der Waals surface area contributed by atoms with Gasteiger partial charge in [0.1, 0.15) is 0 Å². The molecule has 0 spiro atoms. The minimum Gasteiger partial charge on any atom is -0.453 e. The fraction of sp³-hybridized carbons (Fsp3) is 0.875. The van der Waals surface area contributed by atoms with Gasteiger partial charge in [-0.2, -0.15) is 0 Å². The standard InChI is InChI=1S/C24H39NO3/c1-15(14-25-22(27)28-4)19-7-8-20-18-6-5-16-13-17(26)9-11-23(16,2)21(18)10-12-24(19,20)3/h5,15,17-21,26H,6-14H2,1-4H3,(H,25,27)/t15-,17+,18+,19-,20+,21+,23+,24-/m1/s1. The molecule has 0 bridgehead atoms. The smallest absolute Gasteiger partial charge is 0.406 e. The molecule has 0 aromatic rings. The molecule has 8 atom stereocenters. The monoisotopic (exact) mass is 389 g/mol. The molecule has 0 heterocycles. The van der Waals surface area contributed by atoms with Gasteiger partial charge in [-0.25, -0.2) is 4.79 Å². The van der Waals surface area contributed by atoms with Crippen LogP contribution in [-0.2, 0) is 4.74 Å². The van der Waals surface area contributed by atoms with Crippen molar-refractivity contribution in [2.75, 3.05) is 13.7 Å². The summed E-state index contributed by atoms with van der Waals surface area (Å²) in [5, 5.41) is 13.1. The highest BCUT2D eigenvalue weighted by atomic mass is 16.5. The Hall–Kier alpha value is -1.03. The van der Waals surface area contributed by atoms with Gasteiger partial charge in [0, 0.05) is 6.54 Å². The number of alkyl carbamates (subject to hydrolysis) is 1. The summed E-state index contributed by atoms with van der Waals surface area (Å²) < 4.78 is 4.76. The third kappa shape index (κ3) is 3.11. The Morgan fingerprint density at radius 1 is 1.25 bits per heavy atom. The van der Waals surface area contributed by atoms with Gasteiger partial charge >= 0.3 is 6.09 Å². The third-order valence-electron chi connectivity index (χ3n) is 9.59. The van der Waals surface area contributed by atoms with E-state index in [1.807, 2.05) is 0 Å². The van der Waals surface area contributed by atoms with E-state index in [4.69, 9.17) is 4.74 Å². The van der Waals surface area contributed by atoms with Crippen LogP contribution < -0.4 is 5.32 Å². The van der Waals surface area contributed by atoms with Gasteiger partial charge in [-0.1, -0.05) is 32.4 Å². The highest BCUT2D eigenvalue weighted by Gasteiger charge is 2.59. The van der Waals surface area contributed by atoms with Gasteiger partial charge in [-0.05, 0) is 91.8 Å². The Kier molecular flexibility index (Phi) is 5.31. The number of allylic oxidation sites excluding steroid dienone is 1. The van der Waals surface area contributed by atoms with E-state index >= 15 is 0 Å². The first-order valence-electron chi connectivity index (χ1n) is 11.5. The van der Waals surface area contributed by atoms with Crippen LogP contribution >= 0.6 is 0 Å². The highest BCUT2D eigenvalue weighted by molar-refractivity contribution is 5.66. The van der Waals surface area contributed by atoms with Crippen molar-refractivity contribution in [1.82, 2.24) is 5.32 Å². The molecule has 4 aliphatic rings. The van der Waals surface area contributed by atoms with Gasteiger partial charge < -0.3 is 15.2 Å². The quantitative estimate of drug-likeness (QED) is 0.674. The molecule has 158 valence electrons. The van der Waals surface area contributed by atoms with E-state index in [2.05, 4.69) is 32.2 Å². The van der Waals surface area contributed by atoms with Crippen LogP contribution in [0.5, 0.6) is 0 Å². The Balaban J connectivity index is 1.51. The molecule has 1 amide bonds. The van der Waals surface area contributed by atoms with E-state index in [-0.39, 0.29) is 12.2 Å². The van der Waals surface area contributed by atoms with Crippen molar-refractivity contribution in [2.24, 2.45) is 40.4 Å². The zero-order valence-corrected chi connectivity index (χ0v) is 18.2. The zero-order valence-electron chi connectivity index (χ0n) is 18.2. The number of carbonyl (C=O) groups is 1. The maximum absolute atomic E-state index is 11.5. The minimum absolute atomic E-state index is 0.122. The Morgan fingerprint density at radius 3 is 2.79 bits per heavy atom. The van der Waals surface area contributed by atoms with Crippen LogP contribution in [-0.4, -0.2) is 31.0 Å². The van der Waals surface area contributed by atoms with E-state index in [9.17, 15) is 9.90 Å². The predicted molar refractivity (Wildman–Crippen MR) is 111 cm³/mol. The summed E-state index contributed by atoms with van der Waals surface area (Å²) in [5.74, 6) is 3.56. The van der Waals surface area contributed by atoms with Crippen LogP contribution in [0, 0.1) is 40.4 Å². The SMILES string of the molecule is COC(=O)NC[C@@H](C)[C@H]1CC[C@H]2[C@@H]3CC=C4C[C@@H](O)CC[C@]4(C)[C@H]3CC[C@]12C. The summed E-state index contributed by atoms with van der Waals surface area (Å²) in [5.41, 5.74) is 2.27. The number of ether oxygens (including phenoxy) is 1. The lowest BCUT2D eigenvalue weighted by Gasteiger charge is -2.58. The number of methoxy groups -OCH3 is 1. The molecule has 0 unspecified atom stereocenters. The van der Waals surface area contributed by atoms with Crippen molar-refractivity contribution < 1.29 is 14.6 Å². The number of aliphatic hydroxyl groups is 1. The van der Waals surface area contributed by atoms with Crippen LogP contribution in [0.2, 0.25) is 0 Å². The molecule has 0 aliphatic heterocycles. The van der Waals surface area contributed by atoms with E-state index < -0.39 is 0 Å². The minimum atomic E-state index is -0.312. The van der Waals surface area contributed by atoms with Crippen LogP contribution in [0.3, 0.4) is 0 Å². The number of amides is 1. The second-order valence-electron chi connectivity index (χ2n) is 10.7. The number of rotatable bonds is 3. The van der Waals surface area contributed by atoms with Crippen molar-refractivity contribution in [3.05, 3.63) is 11.6 Å². The third-order valence-corrected chi connectivity index (χ3v) is 9.59. The van der Waals surface area contributed by atoms with Gasteiger partial charge in [0.25, 0.3) is 0 Å². The first-order valence-corrected chi connectivity index (χ1v) is 11.5. The van der Waals surface area contributed by atoms with Crippen molar-refractivity contribution in [1.29, 1.82) is 0 Å². The fourth-order valence-corrected chi connectivity index (χ4v) is 8.08. The zero-order chi connectivity index (χ0) is 20.1. The molecule has 0 saturated heterocycles. The predicted octanol–water partition coefficient (Wildman–Crippen LogP) is 4.92. The van der Waals surface area contributed by atoms with E-state index in [0.717, 1.165) is 37.0 Å². The topological polar surface area (TPSA) is 58.6 Å². The van der Waals surface area contributed by atoms with Gasteiger partial charge in [0.2, 0.25) is 0 Å². The lowest BCUT2D eigenvalue weighted by atomic mass is 9.47. The van der Waals surface area contributed by atoms with Gasteiger partial charge in [-0.3, -0.25) is 0 Å². The van der Waals surface area contributed by atoms with E-state index in [1.165, 1.54) is 39.2 Å². The summed E-state index contributed by atoms with van der Waals surface area (Å²) in [6, 6.07) is 0. The molecule has 3 fully saturated rings. The Bertz CT molecular complexity index is 646. The van der Waals surface area contributed by atoms with Crippen LogP contribution in [0.4, 0.5) is 4.79 Å². The summed E-state index contributed by atoms with van der Waals surface area (Å²) in [6.07, 6.45) is 11.6. The molecule has 0 aromatic carbocycles. The lowest BCUT2D eigenvalue weighted by molar-refractivity contribution is -0.0564. The molecule has 4 rings (SSSR count). The van der Waals surface area contributed by atoms with E-state index in [1.54, 1.807) is 5.57 Å². The number of aliphatic hydroxyl groups excluding tert-OH is 1. The van der Waals surface area contributed by atoms with Crippen LogP contribution in [0.15, 0.2) is 11.6 Å². The molecule has 0 aromatic heterocycles. The molecule has 0 radical (unpaired) electrons. The normalized spacial score (nSPS) is 45.9. The molecule has 4 nitrogen and oxygen atoms in total. The maximum Gasteiger partial charge on any atom is 0.406 e. The maximum atomic E-state index is 11.5. The number of hydrogen-bond acceptors (Lipinski definition) is 3. The summed E-state index contributed by atoms with van der Waals surface area (Å²) in [7, 11) is 1.43. The van der Waals surface area contributed by atoms with Crippen molar-refractivity contribution >= 4 is 6.09 Å². The summed E-state index contributed by atoms with van der Waals surface area (Å²) >= 11 is 0. The van der Waals surface area contributed by atoms with Gasteiger partial charge in [0.05, 0.1) is 13.2 Å². The fourth-order valence-electron chi connectivity index (χ4n) is 8.08. The Labute approximate surface area is 170 Å². The van der Waals surface area contributed by atoms with Crippen molar-refractivity contribution in [2.45, 2.75) is 78.2 Å². The molecule has 3 saturated carbocycles. The average molecular weight is 390 g/mol. The number of hydrogen-bond donors (Lipinski definition) is 2. The Morgan fingerprint density at radius 2 is 2.04 bits per heavy atom. The van der Waals surface area contributed by atoms with Gasteiger partial charge in [0.15, 0.2) is 0 Å². The summed E-state index contributed by atoms with van der Waals surface area (Å²) in [6.45, 7) is 8.07. The first-order chi connectivity index (χ1) is 13.3. The second-order valence-corrected chi connectivity index (χ2v) is 10.7.